The Labute approximate surface area is 132 Å². The Morgan fingerprint density at radius 1 is 1.00 bits per heavy atom. The molecule has 0 saturated heterocycles. The second kappa shape index (κ2) is 4.29. The summed E-state index contributed by atoms with van der Waals surface area (Å²) in [5.74, 6) is 1.82. The maximum atomic E-state index is 12.8. The molecule has 1 N–H and O–H groups in total. The molecule has 1 unspecified atom stereocenters. The van der Waals surface area contributed by atoms with Crippen molar-refractivity contribution in [1.29, 1.82) is 0 Å². The average Bonchev–Trinajstić information content (AvgIpc) is 2.96. The van der Waals surface area contributed by atoms with E-state index in [4.69, 9.17) is 14.2 Å². The standard InChI is InChI=1S/C18H13NO4/c20-17-18(11-4-1-2-5-13(11)19-17)10-23-14-9-16-15(8-12(14)18)21-6-3-7-22-16/h1-6,8-9H,7,10H2,(H,19,20). The molecule has 1 spiro atoms. The van der Waals surface area contributed by atoms with Crippen LogP contribution in [-0.2, 0) is 10.2 Å². The summed E-state index contributed by atoms with van der Waals surface area (Å²) in [4.78, 5) is 12.8. The Bertz CT molecular complexity index is 873. The van der Waals surface area contributed by atoms with Crippen LogP contribution in [-0.4, -0.2) is 19.1 Å². The predicted molar refractivity (Wildman–Crippen MR) is 83.1 cm³/mol. The van der Waals surface area contributed by atoms with Gasteiger partial charge in [-0.3, -0.25) is 4.79 Å². The van der Waals surface area contributed by atoms with Gasteiger partial charge in [0.15, 0.2) is 11.5 Å². The van der Waals surface area contributed by atoms with Gasteiger partial charge in [-0.15, -0.1) is 0 Å². The number of hydrogen-bond acceptors (Lipinski definition) is 4. The zero-order chi connectivity index (χ0) is 15.4. The van der Waals surface area contributed by atoms with Crippen LogP contribution in [0.25, 0.3) is 0 Å². The third-order valence-electron chi connectivity index (χ3n) is 4.60. The first kappa shape index (κ1) is 12.6. The minimum absolute atomic E-state index is 0.0671. The van der Waals surface area contributed by atoms with Crippen LogP contribution in [0.1, 0.15) is 11.1 Å². The van der Waals surface area contributed by atoms with Crippen LogP contribution < -0.4 is 19.5 Å². The van der Waals surface area contributed by atoms with Crippen LogP contribution in [0.15, 0.2) is 48.7 Å². The number of carbonyl (C=O) groups is 1. The highest BCUT2D eigenvalue weighted by molar-refractivity contribution is 6.09. The maximum absolute atomic E-state index is 12.8. The molecular weight excluding hydrogens is 294 g/mol. The lowest BCUT2D eigenvalue weighted by Crippen LogP contribution is -2.37. The topological polar surface area (TPSA) is 56.8 Å². The number of carbonyl (C=O) groups excluding carboxylic acids is 1. The molecule has 1 atom stereocenters. The van der Waals surface area contributed by atoms with Gasteiger partial charge in [-0.2, -0.15) is 0 Å². The van der Waals surface area contributed by atoms with Gasteiger partial charge < -0.3 is 19.5 Å². The zero-order valence-corrected chi connectivity index (χ0v) is 12.2. The van der Waals surface area contributed by atoms with Crippen molar-refractivity contribution in [2.75, 3.05) is 18.5 Å². The van der Waals surface area contributed by atoms with Crippen molar-refractivity contribution in [3.05, 3.63) is 59.9 Å². The monoisotopic (exact) mass is 307 g/mol. The molecule has 1 amide bonds. The second-order valence-corrected chi connectivity index (χ2v) is 5.79. The maximum Gasteiger partial charge on any atom is 0.243 e. The lowest BCUT2D eigenvalue weighted by Gasteiger charge is -2.20. The lowest BCUT2D eigenvalue weighted by molar-refractivity contribution is -0.119. The molecule has 0 saturated carbocycles. The zero-order valence-electron chi connectivity index (χ0n) is 12.2. The number of para-hydroxylation sites is 1. The molecule has 5 nitrogen and oxygen atoms in total. The van der Waals surface area contributed by atoms with Crippen molar-refractivity contribution < 1.29 is 19.0 Å². The predicted octanol–water partition coefficient (Wildman–Crippen LogP) is 2.60. The summed E-state index contributed by atoms with van der Waals surface area (Å²) in [5, 5.41) is 2.96. The summed E-state index contributed by atoms with van der Waals surface area (Å²) in [6.07, 6.45) is 3.39. The molecular formula is C18H13NO4. The van der Waals surface area contributed by atoms with E-state index in [-0.39, 0.29) is 12.5 Å². The summed E-state index contributed by atoms with van der Waals surface area (Å²) in [7, 11) is 0. The number of benzene rings is 2. The molecule has 23 heavy (non-hydrogen) atoms. The van der Waals surface area contributed by atoms with Crippen LogP contribution >= 0.6 is 0 Å². The molecule has 3 heterocycles. The van der Waals surface area contributed by atoms with E-state index in [0.717, 1.165) is 16.8 Å². The van der Waals surface area contributed by atoms with Gasteiger partial charge in [0, 0.05) is 17.3 Å². The van der Waals surface area contributed by atoms with Gasteiger partial charge in [-0.25, -0.2) is 0 Å². The van der Waals surface area contributed by atoms with Gasteiger partial charge in [-0.1, -0.05) is 18.2 Å². The molecule has 3 aliphatic rings. The highest BCUT2D eigenvalue weighted by Crippen LogP contribution is 2.52. The minimum Gasteiger partial charge on any atom is -0.491 e. The quantitative estimate of drug-likeness (QED) is 0.813. The van der Waals surface area contributed by atoms with Gasteiger partial charge in [0.1, 0.15) is 24.4 Å². The SMILES string of the molecule is O=C1Nc2ccccc2C12COc1cc3c(cc12)OC=CCO3. The molecule has 5 heteroatoms. The number of nitrogens with one attached hydrogen (secondary N) is 1. The largest absolute Gasteiger partial charge is 0.491 e. The number of amides is 1. The van der Waals surface area contributed by atoms with Gasteiger partial charge in [0.05, 0.1) is 6.26 Å². The molecule has 3 aliphatic heterocycles. The van der Waals surface area contributed by atoms with Crippen molar-refractivity contribution in [2.24, 2.45) is 0 Å². The van der Waals surface area contributed by atoms with Crippen molar-refractivity contribution in [3.8, 4) is 17.2 Å². The Morgan fingerprint density at radius 3 is 2.87 bits per heavy atom. The van der Waals surface area contributed by atoms with Crippen LogP contribution in [0, 0.1) is 0 Å². The fourth-order valence-corrected chi connectivity index (χ4v) is 3.49. The van der Waals surface area contributed by atoms with Gasteiger partial charge in [-0.05, 0) is 23.8 Å². The third kappa shape index (κ3) is 1.54. The summed E-state index contributed by atoms with van der Waals surface area (Å²) in [5.41, 5.74) is 1.77. The van der Waals surface area contributed by atoms with E-state index >= 15 is 0 Å². The number of anilines is 1. The average molecular weight is 307 g/mol. The van der Waals surface area contributed by atoms with E-state index in [9.17, 15) is 4.79 Å². The Morgan fingerprint density at radius 2 is 1.91 bits per heavy atom. The molecule has 5 rings (SSSR count). The third-order valence-corrected chi connectivity index (χ3v) is 4.60. The van der Waals surface area contributed by atoms with E-state index in [1.165, 1.54) is 0 Å². The van der Waals surface area contributed by atoms with Gasteiger partial charge in [0.25, 0.3) is 0 Å². The molecule has 0 bridgehead atoms. The summed E-state index contributed by atoms with van der Waals surface area (Å²) in [6.45, 7) is 0.726. The van der Waals surface area contributed by atoms with E-state index in [1.54, 1.807) is 18.4 Å². The second-order valence-electron chi connectivity index (χ2n) is 5.79. The number of hydrogen-bond donors (Lipinski definition) is 1. The van der Waals surface area contributed by atoms with Crippen LogP contribution in [0.5, 0.6) is 17.2 Å². The molecule has 114 valence electrons. The molecule has 0 aliphatic carbocycles. The van der Waals surface area contributed by atoms with Crippen molar-refractivity contribution in [1.82, 2.24) is 0 Å². The van der Waals surface area contributed by atoms with Crippen LogP contribution in [0.3, 0.4) is 0 Å². The molecule has 0 aromatic heterocycles. The Balaban J connectivity index is 1.74. The highest BCUT2D eigenvalue weighted by Gasteiger charge is 2.54. The van der Waals surface area contributed by atoms with Crippen LogP contribution in [0.2, 0.25) is 0 Å². The highest BCUT2D eigenvalue weighted by atomic mass is 16.5. The summed E-state index contributed by atoms with van der Waals surface area (Å²) in [6, 6.07) is 11.4. The molecule has 2 aromatic rings. The summed E-state index contributed by atoms with van der Waals surface area (Å²) >= 11 is 0. The Hall–Kier alpha value is -2.95. The fourth-order valence-electron chi connectivity index (χ4n) is 3.49. The van der Waals surface area contributed by atoms with Crippen molar-refractivity contribution >= 4 is 11.6 Å². The number of ether oxygens (including phenoxy) is 3. The number of rotatable bonds is 0. The van der Waals surface area contributed by atoms with E-state index in [0.29, 0.717) is 23.9 Å². The normalized spacial score (nSPS) is 23.0. The van der Waals surface area contributed by atoms with Crippen molar-refractivity contribution in [2.45, 2.75) is 5.41 Å². The minimum atomic E-state index is -0.819. The van der Waals surface area contributed by atoms with Crippen molar-refractivity contribution in [3.63, 3.8) is 0 Å². The summed E-state index contributed by atoms with van der Waals surface area (Å²) < 4.78 is 17.1. The first-order valence-electron chi connectivity index (χ1n) is 7.46. The fraction of sp³-hybridized carbons (Fsp3) is 0.167. The number of fused-ring (bicyclic) bond motifs is 5. The van der Waals surface area contributed by atoms with Gasteiger partial charge >= 0.3 is 0 Å². The van der Waals surface area contributed by atoms with E-state index in [1.807, 2.05) is 30.3 Å². The molecule has 0 radical (unpaired) electrons. The van der Waals surface area contributed by atoms with E-state index in [2.05, 4.69) is 5.32 Å². The van der Waals surface area contributed by atoms with Gasteiger partial charge in [0.2, 0.25) is 5.91 Å². The molecule has 0 fully saturated rings. The Kier molecular flexibility index (Phi) is 2.34. The van der Waals surface area contributed by atoms with Crippen LogP contribution in [0.4, 0.5) is 5.69 Å². The first-order valence-corrected chi connectivity index (χ1v) is 7.46. The molecule has 2 aromatic carbocycles. The smallest absolute Gasteiger partial charge is 0.243 e. The van der Waals surface area contributed by atoms with E-state index < -0.39 is 5.41 Å². The lowest BCUT2D eigenvalue weighted by atomic mass is 9.77. The first-order chi connectivity index (χ1) is 11.3.